The molecule has 1 aliphatic heterocycles. The molecule has 1 atom stereocenters. The normalized spacial score (nSPS) is 23.1. The van der Waals surface area contributed by atoms with Gasteiger partial charge >= 0.3 is 11.8 Å². The van der Waals surface area contributed by atoms with Crippen LogP contribution in [-0.4, -0.2) is 36.3 Å². The van der Waals surface area contributed by atoms with Gasteiger partial charge in [0.25, 0.3) is 0 Å². The van der Waals surface area contributed by atoms with E-state index in [1.807, 2.05) is 0 Å². The fraction of sp³-hybridized carbons (Fsp3) is 0.750. The number of carbonyl (C=O) groups is 2. The van der Waals surface area contributed by atoms with Crippen LogP contribution in [-0.2, 0) is 9.59 Å². The molecule has 0 aromatic heterocycles. The molecule has 0 aromatic rings. The maximum absolute atomic E-state index is 12.0. The maximum atomic E-state index is 12.0. The number of piperidine rings is 1. The quantitative estimate of drug-likeness (QED) is 0.636. The Hall–Kier alpha value is -1.32. The molecule has 2 aliphatic rings. The standard InChI is InChI=1S/C16H26N2O2/c1-13-6-5-11-18(12-13)16(20)15(19)17-10-9-14-7-3-2-4-8-14/h7,13H,2-6,8-12H2,1H3,(H,17,19). The van der Waals surface area contributed by atoms with E-state index in [4.69, 9.17) is 0 Å². The Morgan fingerprint density at radius 1 is 1.35 bits per heavy atom. The van der Waals surface area contributed by atoms with E-state index in [0.29, 0.717) is 12.5 Å². The van der Waals surface area contributed by atoms with Crippen molar-refractivity contribution in [3.8, 4) is 0 Å². The molecule has 1 unspecified atom stereocenters. The molecule has 4 heteroatoms. The Morgan fingerprint density at radius 2 is 2.20 bits per heavy atom. The molecule has 0 saturated carbocycles. The first kappa shape index (κ1) is 15.1. The Bertz CT molecular complexity index is 390. The van der Waals surface area contributed by atoms with Gasteiger partial charge in [-0.05, 0) is 50.9 Å². The van der Waals surface area contributed by atoms with Crippen molar-refractivity contribution >= 4 is 11.8 Å². The summed E-state index contributed by atoms with van der Waals surface area (Å²) in [5, 5.41) is 2.77. The van der Waals surface area contributed by atoms with Gasteiger partial charge < -0.3 is 10.2 Å². The summed E-state index contributed by atoms with van der Waals surface area (Å²) in [7, 11) is 0. The number of hydrogen-bond acceptors (Lipinski definition) is 2. The fourth-order valence-corrected chi connectivity index (χ4v) is 3.06. The van der Waals surface area contributed by atoms with E-state index in [2.05, 4.69) is 18.3 Å². The van der Waals surface area contributed by atoms with Crippen LogP contribution in [0.4, 0.5) is 0 Å². The SMILES string of the molecule is CC1CCCN(C(=O)C(=O)NCCC2=CCCCC2)C1. The van der Waals surface area contributed by atoms with Crippen LogP contribution in [0.1, 0.15) is 51.9 Å². The van der Waals surface area contributed by atoms with Crippen LogP contribution in [0.5, 0.6) is 0 Å². The van der Waals surface area contributed by atoms with Crippen molar-refractivity contribution in [1.82, 2.24) is 10.2 Å². The minimum absolute atomic E-state index is 0.353. The highest BCUT2D eigenvalue weighted by molar-refractivity contribution is 6.35. The molecule has 0 aromatic carbocycles. The zero-order valence-electron chi connectivity index (χ0n) is 12.5. The number of allylic oxidation sites excluding steroid dienone is 1. The molecule has 1 N–H and O–H groups in total. The van der Waals surface area contributed by atoms with Crippen molar-refractivity contribution in [2.45, 2.75) is 51.9 Å². The van der Waals surface area contributed by atoms with Crippen molar-refractivity contribution in [3.63, 3.8) is 0 Å². The second-order valence-corrected chi connectivity index (χ2v) is 6.11. The fourth-order valence-electron chi connectivity index (χ4n) is 3.06. The van der Waals surface area contributed by atoms with Crippen LogP contribution < -0.4 is 5.32 Å². The lowest BCUT2D eigenvalue weighted by atomic mass is 9.97. The Labute approximate surface area is 121 Å². The third-order valence-corrected chi connectivity index (χ3v) is 4.26. The van der Waals surface area contributed by atoms with Gasteiger partial charge in [-0.1, -0.05) is 18.6 Å². The van der Waals surface area contributed by atoms with Gasteiger partial charge in [-0.25, -0.2) is 0 Å². The number of likely N-dealkylation sites (tertiary alicyclic amines) is 1. The first-order valence-electron chi connectivity index (χ1n) is 7.92. The minimum Gasteiger partial charge on any atom is -0.348 e. The van der Waals surface area contributed by atoms with Crippen molar-refractivity contribution in [3.05, 3.63) is 11.6 Å². The third-order valence-electron chi connectivity index (χ3n) is 4.26. The van der Waals surface area contributed by atoms with Crippen LogP contribution in [0, 0.1) is 5.92 Å². The third kappa shape index (κ3) is 4.36. The summed E-state index contributed by atoms with van der Waals surface area (Å²) < 4.78 is 0. The minimum atomic E-state index is -0.435. The van der Waals surface area contributed by atoms with Crippen LogP contribution in [0.15, 0.2) is 11.6 Å². The van der Waals surface area contributed by atoms with E-state index in [0.717, 1.165) is 45.2 Å². The monoisotopic (exact) mass is 278 g/mol. The molecule has 2 rings (SSSR count). The summed E-state index contributed by atoms with van der Waals surface area (Å²) in [6.45, 7) is 4.16. The van der Waals surface area contributed by atoms with E-state index in [-0.39, 0.29) is 5.91 Å². The molecule has 0 radical (unpaired) electrons. The zero-order valence-corrected chi connectivity index (χ0v) is 12.5. The highest BCUT2D eigenvalue weighted by Gasteiger charge is 2.25. The van der Waals surface area contributed by atoms with Crippen molar-refractivity contribution in [2.75, 3.05) is 19.6 Å². The molecular formula is C16H26N2O2. The molecule has 1 saturated heterocycles. The van der Waals surface area contributed by atoms with Gasteiger partial charge in [0.15, 0.2) is 0 Å². The highest BCUT2D eigenvalue weighted by Crippen LogP contribution is 2.19. The number of rotatable bonds is 3. The highest BCUT2D eigenvalue weighted by atomic mass is 16.2. The van der Waals surface area contributed by atoms with Gasteiger partial charge in [-0.3, -0.25) is 9.59 Å². The van der Waals surface area contributed by atoms with Gasteiger partial charge in [0.2, 0.25) is 0 Å². The van der Waals surface area contributed by atoms with Crippen LogP contribution >= 0.6 is 0 Å². The zero-order chi connectivity index (χ0) is 14.4. The smallest absolute Gasteiger partial charge is 0.311 e. The lowest BCUT2D eigenvalue weighted by Crippen LogP contribution is -2.47. The van der Waals surface area contributed by atoms with E-state index >= 15 is 0 Å². The molecule has 0 bridgehead atoms. The Morgan fingerprint density at radius 3 is 2.90 bits per heavy atom. The summed E-state index contributed by atoms with van der Waals surface area (Å²) in [4.78, 5) is 25.6. The number of amides is 2. The lowest BCUT2D eigenvalue weighted by molar-refractivity contribution is -0.146. The summed E-state index contributed by atoms with van der Waals surface area (Å²) in [5.74, 6) is -0.280. The van der Waals surface area contributed by atoms with E-state index in [1.165, 1.54) is 18.4 Å². The summed E-state index contributed by atoms with van der Waals surface area (Å²) in [5.41, 5.74) is 1.43. The van der Waals surface area contributed by atoms with E-state index in [1.54, 1.807) is 4.90 Å². The van der Waals surface area contributed by atoms with Crippen LogP contribution in [0.25, 0.3) is 0 Å². The summed E-state index contributed by atoms with van der Waals surface area (Å²) in [6, 6.07) is 0. The molecule has 20 heavy (non-hydrogen) atoms. The molecule has 1 heterocycles. The molecule has 2 amide bonds. The summed E-state index contributed by atoms with van der Waals surface area (Å²) >= 11 is 0. The van der Waals surface area contributed by atoms with Crippen molar-refractivity contribution in [2.24, 2.45) is 5.92 Å². The molecule has 4 nitrogen and oxygen atoms in total. The van der Waals surface area contributed by atoms with Crippen LogP contribution in [0.3, 0.4) is 0 Å². The van der Waals surface area contributed by atoms with Gasteiger partial charge in [-0.15, -0.1) is 0 Å². The lowest BCUT2D eigenvalue weighted by Gasteiger charge is -2.30. The maximum Gasteiger partial charge on any atom is 0.311 e. The van der Waals surface area contributed by atoms with E-state index in [9.17, 15) is 9.59 Å². The number of hydrogen-bond donors (Lipinski definition) is 1. The average molecular weight is 278 g/mol. The first-order chi connectivity index (χ1) is 9.66. The number of nitrogens with zero attached hydrogens (tertiary/aromatic N) is 1. The molecular weight excluding hydrogens is 252 g/mol. The Kier molecular flexibility index (Phi) is 5.62. The second kappa shape index (κ2) is 7.46. The average Bonchev–Trinajstić information content (AvgIpc) is 2.47. The van der Waals surface area contributed by atoms with Crippen LogP contribution in [0.2, 0.25) is 0 Å². The van der Waals surface area contributed by atoms with Gasteiger partial charge in [0.05, 0.1) is 0 Å². The van der Waals surface area contributed by atoms with Gasteiger partial charge in [0, 0.05) is 19.6 Å². The topological polar surface area (TPSA) is 49.4 Å². The first-order valence-corrected chi connectivity index (χ1v) is 7.92. The molecule has 1 aliphatic carbocycles. The molecule has 0 spiro atoms. The molecule has 1 fully saturated rings. The van der Waals surface area contributed by atoms with Crippen molar-refractivity contribution in [1.29, 1.82) is 0 Å². The van der Waals surface area contributed by atoms with Gasteiger partial charge in [0.1, 0.15) is 0 Å². The predicted molar refractivity (Wildman–Crippen MR) is 79.2 cm³/mol. The number of carbonyl (C=O) groups excluding carboxylic acids is 2. The number of nitrogens with one attached hydrogen (secondary N) is 1. The molecule has 112 valence electrons. The largest absolute Gasteiger partial charge is 0.348 e. The van der Waals surface area contributed by atoms with Crippen molar-refractivity contribution < 1.29 is 9.59 Å². The van der Waals surface area contributed by atoms with Gasteiger partial charge in [-0.2, -0.15) is 0 Å². The van der Waals surface area contributed by atoms with E-state index < -0.39 is 5.91 Å². The predicted octanol–water partition coefficient (Wildman–Crippen LogP) is 2.25. The Balaban J connectivity index is 1.71. The second-order valence-electron chi connectivity index (χ2n) is 6.11. The summed E-state index contributed by atoms with van der Waals surface area (Å²) in [6.07, 6.45) is 10.2.